The van der Waals surface area contributed by atoms with Crippen molar-refractivity contribution in [1.29, 1.82) is 0 Å². The molecule has 1 amide bonds. The molecule has 13 nitrogen and oxygen atoms in total. The van der Waals surface area contributed by atoms with Crippen molar-refractivity contribution in [3.05, 3.63) is 60.9 Å². The van der Waals surface area contributed by atoms with Gasteiger partial charge in [0, 0.05) is 42.1 Å². The summed E-state index contributed by atoms with van der Waals surface area (Å²) in [5, 5.41) is 21.2. The van der Waals surface area contributed by atoms with Crippen molar-refractivity contribution in [1.82, 2.24) is 44.3 Å². The van der Waals surface area contributed by atoms with Crippen LogP contribution in [0.4, 0.5) is 25.0 Å². The van der Waals surface area contributed by atoms with Gasteiger partial charge in [-0.3, -0.25) is 4.68 Å². The summed E-state index contributed by atoms with van der Waals surface area (Å²) in [5.74, 6) is 0.00255. The number of piperidine rings is 1. The molecule has 0 unspecified atom stereocenters. The Kier molecular flexibility index (Phi) is 8.80. The lowest BCUT2D eigenvalue weighted by atomic mass is 10.1. The van der Waals surface area contributed by atoms with E-state index in [1.807, 2.05) is 37.9 Å². The van der Waals surface area contributed by atoms with Crippen LogP contribution in [0, 0.1) is 0 Å². The van der Waals surface area contributed by atoms with Crippen molar-refractivity contribution < 1.29 is 23.0 Å². The van der Waals surface area contributed by atoms with Gasteiger partial charge in [-0.25, -0.2) is 19.0 Å². The second kappa shape index (κ2) is 12.9. The molecular weight excluding hydrogens is 618 g/mol. The number of nitrogens with one attached hydrogen (secondary N) is 1. The Balaban J connectivity index is 1.26. The SMILES string of the molecule is CSc1ccc(OC(F)F)c(-c2nn(Cc3cn(C4CCN(C(=O)OC(C)(C)C)CC4)nn3)cc2Nc2cnn3cccnc23)c1. The molecule has 16 heteroatoms. The summed E-state index contributed by atoms with van der Waals surface area (Å²) in [5.41, 5.74) is 2.66. The number of carbonyl (C=O) groups excluding carboxylic acids is 1. The maximum atomic E-state index is 13.4. The number of thioether (sulfide) groups is 1. The number of nitrogens with zero attached hydrogens (tertiary/aromatic N) is 9. The molecule has 0 bridgehead atoms. The molecule has 4 aromatic heterocycles. The predicted octanol–water partition coefficient (Wildman–Crippen LogP) is 5.87. The summed E-state index contributed by atoms with van der Waals surface area (Å²) in [6.07, 6.45) is 11.7. The first-order valence-electron chi connectivity index (χ1n) is 14.7. The fraction of sp³-hybridized carbons (Fsp3) is 0.400. The second-order valence-electron chi connectivity index (χ2n) is 11.8. The minimum atomic E-state index is -3.01. The number of ether oxygens (including phenoxy) is 2. The number of likely N-dealkylation sites (tertiary alicyclic amines) is 1. The largest absolute Gasteiger partial charge is 0.444 e. The third kappa shape index (κ3) is 7.06. The highest BCUT2D eigenvalue weighted by atomic mass is 32.2. The lowest BCUT2D eigenvalue weighted by molar-refractivity contribution is -0.0495. The van der Waals surface area contributed by atoms with Crippen molar-refractivity contribution in [2.75, 3.05) is 24.7 Å². The molecule has 0 spiro atoms. The van der Waals surface area contributed by atoms with Gasteiger partial charge in [0.05, 0.1) is 30.7 Å². The minimum absolute atomic E-state index is 0.00255. The van der Waals surface area contributed by atoms with Crippen molar-refractivity contribution >= 4 is 34.9 Å². The Labute approximate surface area is 267 Å². The van der Waals surface area contributed by atoms with Gasteiger partial charge in [0.25, 0.3) is 0 Å². The van der Waals surface area contributed by atoms with E-state index in [0.717, 1.165) is 4.90 Å². The summed E-state index contributed by atoms with van der Waals surface area (Å²) in [7, 11) is 0. The minimum Gasteiger partial charge on any atom is -0.444 e. The molecule has 1 fully saturated rings. The van der Waals surface area contributed by atoms with E-state index in [2.05, 4.69) is 25.7 Å². The molecule has 1 aromatic carbocycles. The topological polar surface area (TPSA) is 130 Å². The van der Waals surface area contributed by atoms with Crippen LogP contribution in [0.25, 0.3) is 16.9 Å². The third-order valence-corrected chi connectivity index (χ3v) is 8.07. The van der Waals surface area contributed by atoms with Crippen molar-refractivity contribution in [2.45, 2.75) is 63.3 Å². The van der Waals surface area contributed by atoms with E-state index < -0.39 is 12.2 Å². The van der Waals surface area contributed by atoms with Gasteiger partial charge in [-0.15, -0.1) is 16.9 Å². The van der Waals surface area contributed by atoms with Crippen LogP contribution in [0.15, 0.2) is 60.1 Å². The predicted molar refractivity (Wildman–Crippen MR) is 168 cm³/mol. The number of anilines is 2. The summed E-state index contributed by atoms with van der Waals surface area (Å²) < 4.78 is 42.4. The zero-order chi connectivity index (χ0) is 32.4. The van der Waals surface area contributed by atoms with Crippen LogP contribution in [0.2, 0.25) is 0 Å². The Morgan fingerprint density at radius 1 is 1.17 bits per heavy atom. The molecule has 6 rings (SSSR count). The number of hydrogen-bond acceptors (Lipinski definition) is 10. The van der Waals surface area contributed by atoms with E-state index >= 15 is 0 Å². The molecule has 5 heterocycles. The summed E-state index contributed by atoms with van der Waals surface area (Å²) >= 11 is 1.48. The maximum Gasteiger partial charge on any atom is 0.410 e. The molecule has 1 N–H and O–H groups in total. The van der Waals surface area contributed by atoms with Gasteiger partial charge < -0.3 is 19.7 Å². The number of halogens is 2. The van der Waals surface area contributed by atoms with Crippen LogP contribution in [0.1, 0.15) is 45.3 Å². The van der Waals surface area contributed by atoms with E-state index in [-0.39, 0.29) is 24.4 Å². The number of rotatable bonds is 9. The van der Waals surface area contributed by atoms with E-state index in [1.54, 1.807) is 57.1 Å². The average Bonchev–Trinajstić information content (AvgIpc) is 3.76. The molecular formula is C30H34F2N10O3S. The number of amides is 1. The van der Waals surface area contributed by atoms with E-state index in [4.69, 9.17) is 14.6 Å². The monoisotopic (exact) mass is 652 g/mol. The molecule has 1 aliphatic rings. The normalized spacial score (nSPS) is 14.3. The second-order valence-corrected chi connectivity index (χ2v) is 12.7. The zero-order valence-corrected chi connectivity index (χ0v) is 26.6. The van der Waals surface area contributed by atoms with Gasteiger partial charge in [-0.1, -0.05) is 5.21 Å². The summed E-state index contributed by atoms with van der Waals surface area (Å²) in [6.45, 7) is 3.93. The zero-order valence-electron chi connectivity index (χ0n) is 25.8. The highest BCUT2D eigenvalue weighted by Crippen LogP contribution is 2.39. The van der Waals surface area contributed by atoms with Crippen LogP contribution >= 0.6 is 11.8 Å². The quantitative estimate of drug-likeness (QED) is 0.193. The van der Waals surface area contributed by atoms with Crippen molar-refractivity contribution in [3.63, 3.8) is 0 Å². The van der Waals surface area contributed by atoms with Crippen LogP contribution < -0.4 is 10.1 Å². The molecule has 5 aromatic rings. The number of aromatic nitrogens is 8. The lowest BCUT2D eigenvalue weighted by Crippen LogP contribution is -2.42. The Hall–Kier alpha value is -4.73. The lowest BCUT2D eigenvalue weighted by Gasteiger charge is -2.33. The number of hydrogen-bond donors (Lipinski definition) is 1. The van der Waals surface area contributed by atoms with Crippen LogP contribution in [-0.4, -0.2) is 81.9 Å². The standard InChI is InChI=1S/C30H34F2N10O3S/c1-30(2,3)45-29(43)39-12-8-20(9-13-39)42-17-19(36-38-42)16-40-18-24(35-23-15-34-41-11-5-10-33-27(23)41)26(37-40)22-14-21(46-4)6-7-25(22)44-28(31)32/h5-7,10-11,14-15,17-18,20,28,35H,8-9,12-13,16H2,1-4H3. The van der Waals surface area contributed by atoms with Crippen LogP contribution in [-0.2, 0) is 11.3 Å². The summed E-state index contributed by atoms with van der Waals surface area (Å²) in [4.78, 5) is 19.5. The molecule has 0 saturated carbocycles. The van der Waals surface area contributed by atoms with E-state index in [1.165, 1.54) is 17.8 Å². The number of benzene rings is 1. The molecule has 0 atom stereocenters. The molecule has 0 radical (unpaired) electrons. The molecule has 242 valence electrons. The van der Waals surface area contributed by atoms with E-state index in [0.29, 0.717) is 59.9 Å². The van der Waals surface area contributed by atoms with E-state index in [9.17, 15) is 13.6 Å². The van der Waals surface area contributed by atoms with Gasteiger partial charge in [-0.05, 0) is 64.1 Å². The van der Waals surface area contributed by atoms with Gasteiger partial charge in [0.15, 0.2) is 5.65 Å². The fourth-order valence-corrected chi connectivity index (χ4v) is 5.68. The fourth-order valence-electron chi connectivity index (χ4n) is 5.24. The molecule has 0 aliphatic carbocycles. The van der Waals surface area contributed by atoms with Gasteiger partial charge in [-0.2, -0.15) is 19.0 Å². The van der Waals surface area contributed by atoms with Crippen molar-refractivity contribution in [3.8, 4) is 17.0 Å². The van der Waals surface area contributed by atoms with Crippen LogP contribution in [0.5, 0.6) is 5.75 Å². The average molecular weight is 653 g/mol. The molecule has 1 saturated heterocycles. The Morgan fingerprint density at radius 3 is 2.72 bits per heavy atom. The number of fused-ring (bicyclic) bond motifs is 1. The first kappa shape index (κ1) is 31.3. The first-order chi connectivity index (χ1) is 22.1. The van der Waals surface area contributed by atoms with Gasteiger partial charge >= 0.3 is 12.7 Å². The van der Waals surface area contributed by atoms with Gasteiger partial charge in [0.1, 0.15) is 28.4 Å². The molecule has 46 heavy (non-hydrogen) atoms. The third-order valence-electron chi connectivity index (χ3n) is 7.34. The Bertz CT molecular complexity index is 1820. The molecule has 1 aliphatic heterocycles. The summed E-state index contributed by atoms with van der Waals surface area (Å²) in [6, 6.07) is 6.87. The highest BCUT2D eigenvalue weighted by molar-refractivity contribution is 7.98. The van der Waals surface area contributed by atoms with Crippen LogP contribution in [0.3, 0.4) is 0 Å². The maximum absolute atomic E-state index is 13.4. The number of alkyl halides is 2. The smallest absolute Gasteiger partial charge is 0.410 e. The Morgan fingerprint density at radius 2 is 1.98 bits per heavy atom. The highest BCUT2D eigenvalue weighted by Gasteiger charge is 2.28. The number of carbonyl (C=O) groups is 1. The van der Waals surface area contributed by atoms with Crippen molar-refractivity contribution in [2.24, 2.45) is 0 Å². The van der Waals surface area contributed by atoms with Gasteiger partial charge in [0.2, 0.25) is 0 Å². The first-order valence-corrected chi connectivity index (χ1v) is 15.9.